The van der Waals surface area contributed by atoms with Crippen molar-refractivity contribution in [2.24, 2.45) is 0 Å². The average Bonchev–Trinajstić information content (AvgIpc) is 2.89. The fraction of sp³-hybridized carbons (Fsp3) is 0.222. The molecule has 0 spiro atoms. The number of anilines is 4. The maximum Gasteiger partial charge on any atom is 0.250 e. The minimum atomic E-state index is -0.223. The lowest BCUT2D eigenvalue weighted by Crippen LogP contribution is -2.44. The molecule has 0 bridgehead atoms. The topological polar surface area (TPSA) is 99.2 Å². The minimum Gasteiger partial charge on any atom is -0.354 e. The van der Waals surface area contributed by atoms with Gasteiger partial charge in [0.2, 0.25) is 5.95 Å². The van der Waals surface area contributed by atoms with E-state index in [9.17, 15) is 4.79 Å². The summed E-state index contributed by atoms with van der Waals surface area (Å²) < 4.78 is 0. The summed E-state index contributed by atoms with van der Waals surface area (Å²) >= 11 is 0. The van der Waals surface area contributed by atoms with E-state index in [1.165, 1.54) is 0 Å². The van der Waals surface area contributed by atoms with Crippen LogP contribution in [-0.2, 0) is 4.79 Å². The number of carbonyl (C=O) groups is 1. The number of piperazine rings is 1. The van der Waals surface area contributed by atoms with Crippen LogP contribution in [0, 0.1) is 0 Å². The predicted octanol–water partition coefficient (Wildman–Crippen LogP) is 4.10. The zero-order valence-corrected chi connectivity index (χ0v) is 20.4. The lowest BCUT2D eigenvalue weighted by molar-refractivity contribution is -0.112. The van der Waals surface area contributed by atoms with E-state index in [0.29, 0.717) is 28.4 Å². The lowest BCUT2D eigenvalue weighted by Gasteiger charge is -2.33. The summed E-state index contributed by atoms with van der Waals surface area (Å²) in [6, 6.07) is 13.4. The molecule has 1 aliphatic heterocycles. The van der Waals surface area contributed by atoms with Gasteiger partial charge >= 0.3 is 0 Å². The number of amides is 1. The number of hydrogen-bond acceptors (Lipinski definition) is 8. The van der Waals surface area contributed by atoms with Gasteiger partial charge in [0.25, 0.3) is 5.91 Å². The van der Waals surface area contributed by atoms with Gasteiger partial charge in [0.1, 0.15) is 11.3 Å². The number of hydrogen-bond donors (Lipinski definition) is 2. The number of likely N-dealkylation sites (N-methyl/N-ethyl adjacent to an activating group) is 1. The number of aromatic nitrogens is 4. The summed E-state index contributed by atoms with van der Waals surface area (Å²) in [5.74, 6) is 1.20. The predicted molar refractivity (Wildman–Crippen MR) is 143 cm³/mol. The molecule has 4 heterocycles. The first-order valence-electron chi connectivity index (χ1n) is 11.8. The summed E-state index contributed by atoms with van der Waals surface area (Å²) in [5.41, 5.74) is 4.16. The van der Waals surface area contributed by atoms with Crippen LogP contribution in [0.3, 0.4) is 0 Å². The molecule has 0 radical (unpaired) electrons. The molecule has 36 heavy (non-hydrogen) atoms. The largest absolute Gasteiger partial charge is 0.354 e. The maximum absolute atomic E-state index is 12.0. The third-order valence-electron chi connectivity index (χ3n) is 6.11. The van der Waals surface area contributed by atoms with Crippen molar-refractivity contribution >= 4 is 40.0 Å². The second kappa shape index (κ2) is 10.1. The molecule has 1 aliphatic rings. The van der Waals surface area contributed by atoms with Gasteiger partial charge < -0.3 is 20.4 Å². The van der Waals surface area contributed by atoms with Crippen molar-refractivity contribution in [2.45, 2.75) is 6.92 Å². The van der Waals surface area contributed by atoms with E-state index in [1.807, 2.05) is 42.5 Å². The molecular formula is C27H28N8O. The fourth-order valence-electron chi connectivity index (χ4n) is 4.02. The van der Waals surface area contributed by atoms with Crippen molar-refractivity contribution in [1.29, 1.82) is 0 Å². The molecule has 0 atom stereocenters. The van der Waals surface area contributed by atoms with Crippen molar-refractivity contribution in [3.8, 4) is 11.3 Å². The Hall–Kier alpha value is -4.37. The Morgan fingerprint density at radius 3 is 2.56 bits per heavy atom. The first kappa shape index (κ1) is 23.4. The van der Waals surface area contributed by atoms with E-state index >= 15 is 0 Å². The zero-order valence-electron chi connectivity index (χ0n) is 20.4. The Morgan fingerprint density at radius 1 is 0.972 bits per heavy atom. The van der Waals surface area contributed by atoms with Gasteiger partial charge in [-0.05, 0) is 44.3 Å². The molecule has 0 aliphatic carbocycles. The summed E-state index contributed by atoms with van der Waals surface area (Å²) in [6.45, 7) is 9.37. The average molecular weight is 481 g/mol. The van der Waals surface area contributed by atoms with Gasteiger partial charge in [-0.15, -0.1) is 0 Å². The molecule has 0 unspecified atom stereocenters. The van der Waals surface area contributed by atoms with Gasteiger partial charge in [-0.25, -0.2) is 15.0 Å². The normalized spacial score (nSPS) is 14.0. The molecule has 1 amide bonds. The zero-order chi connectivity index (χ0) is 25.1. The second-order valence-corrected chi connectivity index (χ2v) is 8.93. The third kappa shape index (κ3) is 5.16. The molecule has 1 saturated heterocycles. The lowest BCUT2D eigenvalue weighted by atomic mass is 10.1. The van der Waals surface area contributed by atoms with Crippen LogP contribution < -0.4 is 15.5 Å². The molecule has 2 N–H and O–H groups in total. The number of fused-ring (bicyclic) bond motifs is 1. The van der Waals surface area contributed by atoms with Crippen LogP contribution in [0.1, 0.15) is 6.92 Å². The standard InChI is InChI=1S/C27H28N8O/c1-18(2)26(36)31-21-6-4-5-19(15-21)24-25-20(9-10-28-24)16-30-27(33-25)32-22-7-8-23(29-17-22)35-13-11-34(3)12-14-35/h4-10,15-17H,1,11-14H2,2-3H3,(H,31,36)(H,30,32,33). The van der Waals surface area contributed by atoms with E-state index in [4.69, 9.17) is 4.98 Å². The highest BCUT2D eigenvalue weighted by Crippen LogP contribution is 2.28. The molecular weight excluding hydrogens is 452 g/mol. The Balaban J connectivity index is 1.39. The van der Waals surface area contributed by atoms with E-state index in [2.05, 4.69) is 49.0 Å². The van der Waals surface area contributed by atoms with Gasteiger partial charge in [0.05, 0.1) is 17.6 Å². The summed E-state index contributed by atoms with van der Waals surface area (Å²) in [4.78, 5) is 35.1. The fourth-order valence-corrected chi connectivity index (χ4v) is 4.02. The Bertz CT molecular complexity index is 1410. The highest BCUT2D eigenvalue weighted by Gasteiger charge is 2.15. The van der Waals surface area contributed by atoms with Crippen molar-refractivity contribution in [3.63, 3.8) is 0 Å². The first-order valence-corrected chi connectivity index (χ1v) is 11.8. The van der Waals surface area contributed by atoms with Gasteiger partial charge in [0.15, 0.2) is 0 Å². The summed E-state index contributed by atoms with van der Waals surface area (Å²) in [5, 5.41) is 6.97. The van der Waals surface area contributed by atoms with Gasteiger partial charge in [0, 0.05) is 60.8 Å². The molecule has 9 nitrogen and oxygen atoms in total. The number of benzene rings is 1. The molecule has 3 aromatic heterocycles. The quantitative estimate of drug-likeness (QED) is 0.398. The van der Waals surface area contributed by atoms with Crippen LogP contribution >= 0.6 is 0 Å². The van der Waals surface area contributed by atoms with Gasteiger partial charge in [-0.3, -0.25) is 9.78 Å². The molecule has 182 valence electrons. The number of nitrogens with zero attached hydrogens (tertiary/aromatic N) is 6. The summed E-state index contributed by atoms with van der Waals surface area (Å²) in [7, 11) is 2.14. The van der Waals surface area contributed by atoms with Crippen molar-refractivity contribution in [3.05, 3.63) is 73.2 Å². The SMILES string of the molecule is C=C(C)C(=O)Nc1cccc(-c2nccc3cnc(Nc4ccc(N5CCN(C)CC5)nc4)nc23)c1. The Kier molecular flexibility index (Phi) is 6.55. The molecule has 0 saturated carbocycles. The van der Waals surface area contributed by atoms with Crippen LogP contribution in [0.5, 0.6) is 0 Å². The van der Waals surface area contributed by atoms with Crippen LogP contribution in [-0.4, -0.2) is 64.0 Å². The van der Waals surface area contributed by atoms with Crippen LogP contribution in [0.25, 0.3) is 22.2 Å². The monoisotopic (exact) mass is 480 g/mol. The van der Waals surface area contributed by atoms with E-state index < -0.39 is 0 Å². The highest BCUT2D eigenvalue weighted by molar-refractivity contribution is 6.03. The van der Waals surface area contributed by atoms with Crippen molar-refractivity contribution in [1.82, 2.24) is 24.8 Å². The Morgan fingerprint density at radius 2 is 1.81 bits per heavy atom. The second-order valence-electron chi connectivity index (χ2n) is 8.93. The molecule has 1 fully saturated rings. The smallest absolute Gasteiger partial charge is 0.250 e. The number of nitrogens with one attached hydrogen (secondary N) is 2. The van der Waals surface area contributed by atoms with Crippen molar-refractivity contribution < 1.29 is 4.79 Å². The number of pyridine rings is 2. The molecule has 9 heteroatoms. The van der Waals surface area contributed by atoms with Gasteiger partial charge in [-0.1, -0.05) is 18.7 Å². The summed E-state index contributed by atoms with van der Waals surface area (Å²) in [6.07, 6.45) is 5.31. The van der Waals surface area contributed by atoms with E-state index in [0.717, 1.165) is 48.6 Å². The van der Waals surface area contributed by atoms with E-state index in [-0.39, 0.29) is 5.91 Å². The van der Waals surface area contributed by atoms with Crippen LogP contribution in [0.15, 0.2) is 73.2 Å². The minimum absolute atomic E-state index is 0.223. The molecule has 5 rings (SSSR count). The third-order valence-corrected chi connectivity index (χ3v) is 6.11. The highest BCUT2D eigenvalue weighted by atomic mass is 16.1. The Labute approximate surface area is 209 Å². The molecule has 1 aromatic carbocycles. The number of carbonyl (C=O) groups excluding carboxylic acids is 1. The van der Waals surface area contributed by atoms with E-state index in [1.54, 1.807) is 25.5 Å². The molecule has 4 aromatic rings. The first-order chi connectivity index (χ1) is 17.5. The maximum atomic E-state index is 12.0. The van der Waals surface area contributed by atoms with Crippen LogP contribution in [0.2, 0.25) is 0 Å². The van der Waals surface area contributed by atoms with Gasteiger partial charge in [-0.2, -0.15) is 0 Å². The number of rotatable bonds is 6. The van der Waals surface area contributed by atoms with Crippen molar-refractivity contribution in [2.75, 3.05) is 48.8 Å². The van der Waals surface area contributed by atoms with Crippen LogP contribution in [0.4, 0.5) is 23.1 Å².